The summed E-state index contributed by atoms with van der Waals surface area (Å²) in [5.74, 6) is -0.651. The normalized spacial score (nSPS) is 20.8. The molecule has 0 radical (unpaired) electrons. The number of hydrogen-bond donors (Lipinski definition) is 3. The Hall–Kier alpha value is -2.61. The quantitative estimate of drug-likeness (QED) is 0.477. The number of benzene rings is 2. The standard InChI is InChI=1S/C27H32Cl2N4O3/c1-16(2)12-23(25(35)33-10-8-18(9-11-33)24(30)34)32-27(15-17-4-3-5-19(28)13-17)21-7-6-20(29)14-22(21)31-26(27)36/h3-7,13-14,16,18,23,32H,8-12,15H2,1-2H3,(H2,30,34)(H,31,36). The summed E-state index contributed by atoms with van der Waals surface area (Å²) in [5, 5.41) is 7.56. The molecule has 2 atom stereocenters. The minimum absolute atomic E-state index is 0.0766. The zero-order chi connectivity index (χ0) is 26.0. The van der Waals surface area contributed by atoms with E-state index in [1.165, 1.54) is 0 Å². The first-order valence-electron chi connectivity index (χ1n) is 12.3. The molecule has 3 amide bonds. The molecular formula is C27H32Cl2N4O3. The zero-order valence-electron chi connectivity index (χ0n) is 20.5. The lowest BCUT2D eigenvalue weighted by Gasteiger charge is -2.38. The lowest BCUT2D eigenvalue weighted by Crippen LogP contribution is -2.59. The van der Waals surface area contributed by atoms with E-state index in [1.54, 1.807) is 23.1 Å². The highest BCUT2D eigenvalue weighted by molar-refractivity contribution is 6.31. The maximum absolute atomic E-state index is 13.8. The average molecular weight is 531 g/mol. The molecule has 2 heterocycles. The fourth-order valence-corrected chi connectivity index (χ4v) is 5.65. The number of likely N-dealkylation sites (tertiary alicyclic amines) is 1. The van der Waals surface area contributed by atoms with Crippen LogP contribution in [-0.2, 0) is 26.3 Å². The predicted molar refractivity (Wildman–Crippen MR) is 142 cm³/mol. The number of hydrogen-bond acceptors (Lipinski definition) is 4. The minimum atomic E-state index is -1.19. The number of carbonyl (C=O) groups is 3. The van der Waals surface area contributed by atoms with Crippen molar-refractivity contribution in [2.24, 2.45) is 17.6 Å². The molecule has 2 aliphatic heterocycles. The first-order valence-corrected chi connectivity index (χ1v) is 13.1. The van der Waals surface area contributed by atoms with Gasteiger partial charge < -0.3 is 16.0 Å². The van der Waals surface area contributed by atoms with Crippen molar-refractivity contribution < 1.29 is 14.4 Å². The van der Waals surface area contributed by atoms with Crippen LogP contribution < -0.4 is 16.4 Å². The molecule has 0 aromatic heterocycles. The Kier molecular flexibility index (Phi) is 7.93. The number of nitrogens with one attached hydrogen (secondary N) is 2. The number of rotatable bonds is 8. The summed E-state index contributed by atoms with van der Waals surface area (Å²) in [6, 6.07) is 12.1. The van der Waals surface area contributed by atoms with E-state index in [2.05, 4.69) is 10.6 Å². The number of fused-ring (bicyclic) bond motifs is 1. The van der Waals surface area contributed by atoms with E-state index in [9.17, 15) is 14.4 Å². The molecule has 0 bridgehead atoms. The van der Waals surface area contributed by atoms with Gasteiger partial charge in [0, 0.05) is 46.7 Å². The van der Waals surface area contributed by atoms with Crippen molar-refractivity contribution in [3.05, 3.63) is 63.6 Å². The van der Waals surface area contributed by atoms with E-state index in [-0.39, 0.29) is 29.6 Å². The fraction of sp³-hybridized carbons (Fsp3) is 0.444. The SMILES string of the molecule is CC(C)CC(NC1(Cc2cccc(Cl)c2)C(=O)Nc2cc(Cl)ccc21)C(=O)N1CCC(C(N)=O)CC1. The third-order valence-electron chi connectivity index (χ3n) is 7.07. The van der Waals surface area contributed by atoms with Crippen molar-refractivity contribution in [2.75, 3.05) is 18.4 Å². The van der Waals surface area contributed by atoms with Gasteiger partial charge in [-0.2, -0.15) is 0 Å². The highest BCUT2D eigenvalue weighted by Gasteiger charge is 2.49. The molecule has 7 nitrogen and oxygen atoms in total. The number of piperidine rings is 1. The predicted octanol–water partition coefficient (Wildman–Crippen LogP) is 4.11. The summed E-state index contributed by atoms with van der Waals surface area (Å²) in [6.07, 6.45) is 1.94. The Balaban J connectivity index is 1.69. The molecule has 9 heteroatoms. The second kappa shape index (κ2) is 10.8. The van der Waals surface area contributed by atoms with Gasteiger partial charge in [0.2, 0.25) is 17.7 Å². The monoisotopic (exact) mass is 530 g/mol. The molecule has 4 N–H and O–H groups in total. The molecule has 2 aromatic rings. The van der Waals surface area contributed by atoms with Crippen LogP contribution in [0.5, 0.6) is 0 Å². The number of halogens is 2. The van der Waals surface area contributed by atoms with Crippen molar-refractivity contribution in [3.8, 4) is 0 Å². The number of nitrogens with zero attached hydrogens (tertiary/aromatic N) is 1. The van der Waals surface area contributed by atoms with Crippen LogP contribution in [0.25, 0.3) is 0 Å². The molecule has 2 aliphatic rings. The molecule has 2 aromatic carbocycles. The number of nitrogens with two attached hydrogens (primary N) is 1. The van der Waals surface area contributed by atoms with Crippen molar-refractivity contribution in [1.29, 1.82) is 0 Å². The molecule has 192 valence electrons. The molecule has 2 unspecified atom stereocenters. The summed E-state index contributed by atoms with van der Waals surface area (Å²) < 4.78 is 0. The van der Waals surface area contributed by atoms with Gasteiger partial charge in [0.15, 0.2) is 0 Å². The summed E-state index contributed by atoms with van der Waals surface area (Å²) in [6.45, 7) is 5.02. The van der Waals surface area contributed by atoms with E-state index in [4.69, 9.17) is 28.9 Å². The highest BCUT2D eigenvalue weighted by atomic mass is 35.5. The third-order valence-corrected chi connectivity index (χ3v) is 7.54. The second-order valence-electron chi connectivity index (χ2n) is 10.2. The van der Waals surface area contributed by atoms with Crippen LogP contribution in [0, 0.1) is 11.8 Å². The Morgan fingerprint density at radius 1 is 1.14 bits per heavy atom. The largest absolute Gasteiger partial charge is 0.369 e. The van der Waals surface area contributed by atoms with Crippen molar-refractivity contribution in [2.45, 2.75) is 51.1 Å². The topological polar surface area (TPSA) is 105 Å². The Morgan fingerprint density at radius 2 is 1.83 bits per heavy atom. The molecular weight excluding hydrogens is 499 g/mol. The van der Waals surface area contributed by atoms with Gasteiger partial charge in [-0.1, -0.05) is 55.2 Å². The zero-order valence-corrected chi connectivity index (χ0v) is 22.0. The van der Waals surface area contributed by atoms with Gasteiger partial charge >= 0.3 is 0 Å². The average Bonchev–Trinajstić information content (AvgIpc) is 3.07. The van der Waals surface area contributed by atoms with E-state index < -0.39 is 11.6 Å². The van der Waals surface area contributed by atoms with Gasteiger partial charge in [0.1, 0.15) is 5.54 Å². The van der Waals surface area contributed by atoms with Crippen LogP contribution in [0.4, 0.5) is 5.69 Å². The molecule has 1 fully saturated rings. The first-order chi connectivity index (χ1) is 17.1. The van der Waals surface area contributed by atoms with Gasteiger partial charge in [-0.3, -0.25) is 19.7 Å². The number of anilines is 1. The molecule has 1 saturated heterocycles. The summed E-state index contributed by atoms with van der Waals surface area (Å²) >= 11 is 12.5. The van der Waals surface area contributed by atoms with Crippen LogP contribution in [0.1, 0.15) is 44.2 Å². The Labute approximate surface area is 221 Å². The van der Waals surface area contributed by atoms with Crippen LogP contribution in [0.2, 0.25) is 10.0 Å². The molecule has 0 saturated carbocycles. The van der Waals surface area contributed by atoms with Gasteiger partial charge in [-0.05, 0) is 55.0 Å². The lowest BCUT2D eigenvalue weighted by molar-refractivity contribution is -0.138. The fourth-order valence-electron chi connectivity index (χ4n) is 5.26. The number of carbonyl (C=O) groups excluding carboxylic acids is 3. The smallest absolute Gasteiger partial charge is 0.249 e. The van der Waals surface area contributed by atoms with E-state index in [0.29, 0.717) is 54.5 Å². The number of amides is 3. The molecule has 0 spiro atoms. The van der Waals surface area contributed by atoms with Crippen molar-refractivity contribution in [3.63, 3.8) is 0 Å². The van der Waals surface area contributed by atoms with Crippen LogP contribution in [0.3, 0.4) is 0 Å². The maximum Gasteiger partial charge on any atom is 0.249 e. The molecule has 36 heavy (non-hydrogen) atoms. The highest BCUT2D eigenvalue weighted by Crippen LogP contribution is 2.41. The van der Waals surface area contributed by atoms with Gasteiger partial charge in [-0.15, -0.1) is 0 Å². The molecule has 4 rings (SSSR count). The second-order valence-corrected chi connectivity index (χ2v) is 11.1. The summed E-state index contributed by atoms with van der Waals surface area (Å²) in [5.41, 5.74) is 6.52. The first kappa shape index (κ1) is 26.5. The number of primary amides is 1. The van der Waals surface area contributed by atoms with E-state index in [1.807, 2.05) is 38.1 Å². The summed E-state index contributed by atoms with van der Waals surface area (Å²) in [7, 11) is 0. The van der Waals surface area contributed by atoms with Crippen LogP contribution >= 0.6 is 23.2 Å². The van der Waals surface area contributed by atoms with Gasteiger partial charge in [0.25, 0.3) is 0 Å². The maximum atomic E-state index is 13.8. The van der Waals surface area contributed by atoms with E-state index in [0.717, 1.165) is 11.1 Å². The Morgan fingerprint density at radius 3 is 2.47 bits per heavy atom. The minimum Gasteiger partial charge on any atom is -0.369 e. The van der Waals surface area contributed by atoms with Crippen molar-refractivity contribution >= 4 is 46.6 Å². The van der Waals surface area contributed by atoms with Crippen LogP contribution in [0.15, 0.2) is 42.5 Å². The van der Waals surface area contributed by atoms with Gasteiger partial charge in [-0.25, -0.2) is 0 Å². The van der Waals surface area contributed by atoms with Crippen LogP contribution in [-0.4, -0.2) is 41.8 Å². The Bertz CT molecular complexity index is 1160. The van der Waals surface area contributed by atoms with Gasteiger partial charge in [0.05, 0.1) is 6.04 Å². The molecule has 0 aliphatic carbocycles. The third kappa shape index (κ3) is 5.53. The lowest BCUT2D eigenvalue weighted by atomic mass is 9.83. The summed E-state index contributed by atoms with van der Waals surface area (Å²) in [4.78, 5) is 40.8. The van der Waals surface area contributed by atoms with E-state index >= 15 is 0 Å². The van der Waals surface area contributed by atoms with Crippen molar-refractivity contribution in [1.82, 2.24) is 10.2 Å².